The number of hydrogen-bond donors (Lipinski definition) is 6. The summed E-state index contributed by atoms with van der Waals surface area (Å²) in [6, 6.07) is -1.49. The Hall–Kier alpha value is -1.99. The Kier molecular flexibility index (Phi) is 8.35. The number of rotatable bonds is 2. The van der Waals surface area contributed by atoms with Crippen LogP contribution in [0, 0.1) is 0 Å². The molecule has 1 aliphatic rings. The van der Waals surface area contributed by atoms with Crippen molar-refractivity contribution in [1.82, 2.24) is 10.6 Å². The molecule has 12 nitrogen and oxygen atoms in total. The molecular formula is C17H31N3O9. The number of carbonyl (C=O) groups is 2. The molecule has 0 aliphatic carbocycles. The monoisotopic (exact) mass is 421 g/mol. The summed E-state index contributed by atoms with van der Waals surface area (Å²) in [5.41, 5.74) is -1.70. The third kappa shape index (κ3) is 8.50. The zero-order valence-corrected chi connectivity index (χ0v) is 17.4. The fourth-order valence-electron chi connectivity index (χ4n) is 2.27. The average molecular weight is 421 g/mol. The third-order valence-corrected chi connectivity index (χ3v) is 3.38. The van der Waals surface area contributed by atoms with Gasteiger partial charge in [0, 0.05) is 0 Å². The van der Waals surface area contributed by atoms with E-state index in [9.17, 15) is 24.9 Å². The van der Waals surface area contributed by atoms with Crippen LogP contribution in [0.5, 0.6) is 0 Å². The van der Waals surface area contributed by atoms with Crippen LogP contribution in [0.2, 0.25) is 0 Å². The zero-order valence-electron chi connectivity index (χ0n) is 17.4. The predicted molar refractivity (Wildman–Crippen MR) is 99.9 cm³/mol. The summed E-state index contributed by atoms with van der Waals surface area (Å²) in [4.78, 5) is 28.0. The molecule has 1 fully saturated rings. The Morgan fingerprint density at radius 3 is 1.76 bits per heavy atom. The normalized spacial score (nSPS) is 27.6. The van der Waals surface area contributed by atoms with Crippen molar-refractivity contribution in [3.63, 3.8) is 0 Å². The predicted octanol–water partition coefficient (Wildman–Crippen LogP) is -0.808. The van der Waals surface area contributed by atoms with Gasteiger partial charge in [-0.2, -0.15) is 0 Å². The van der Waals surface area contributed by atoms with Gasteiger partial charge in [0.25, 0.3) is 0 Å². The van der Waals surface area contributed by atoms with Gasteiger partial charge < -0.3 is 34.6 Å². The molecule has 12 heteroatoms. The number of hydrogen-bond acceptors (Lipinski definition) is 10. The van der Waals surface area contributed by atoms with Crippen molar-refractivity contribution in [2.45, 2.75) is 83.4 Å². The number of alkyl carbamates (subject to hydrolysis) is 2. The number of guanidine groups is 1. The number of amides is 2. The highest BCUT2D eigenvalue weighted by molar-refractivity contribution is 6.01. The molecule has 0 unspecified atom stereocenters. The molecule has 1 rings (SSSR count). The van der Waals surface area contributed by atoms with Crippen LogP contribution in [0.25, 0.3) is 0 Å². The molecule has 0 aromatic heterocycles. The lowest BCUT2D eigenvalue weighted by Crippen LogP contribution is -2.59. The summed E-state index contributed by atoms with van der Waals surface area (Å²) >= 11 is 0. The first kappa shape index (κ1) is 25.0. The molecule has 168 valence electrons. The molecule has 2 amide bonds. The Morgan fingerprint density at radius 1 is 0.931 bits per heavy atom. The van der Waals surface area contributed by atoms with Crippen molar-refractivity contribution in [3.05, 3.63) is 0 Å². The fraction of sp³-hybridized carbons (Fsp3) is 0.824. The first-order chi connectivity index (χ1) is 13.1. The van der Waals surface area contributed by atoms with Crippen LogP contribution in [-0.4, -0.2) is 87.0 Å². The van der Waals surface area contributed by atoms with E-state index in [0.717, 1.165) is 0 Å². The lowest BCUT2D eigenvalue weighted by molar-refractivity contribution is -0.248. The molecule has 1 aliphatic heterocycles. The van der Waals surface area contributed by atoms with Gasteiger partial charge in [-0.25, -0.2) is 14.6 Å². The molecule has 1 saturated heterocycles. The van der Waals surface area contributed by atoms with Gasteiger partial charge in [-0.3, -0.25) is 10.6 Å². The van der Waals surface area contributed by atoms with Crippen LogP contribution < -0.4 is 10.6 Å². The minimum absolute atomic E-state index is 0.505. The van der Waals surface area contributed by atoms with Crippen LogP contribution >= 0.6 is 0 Å². The van der Waals surface area contributed by atoms with E-state index >= 15 is 0 Å². The maximum atomic E-state index is 12.1. The van der Waals surface area contributed by atoms with Gasteiger partial charge >= 0.3 is 12.2 Å². The van der Waals surface area contributed by atoms with E-state index in [4.69, 9.17) is 19.3 Å². The van der Waals surface area contributed by atoms with Gasteiger partial charge in [-0.1, -0.05) is 0 Å². The quantitative estimate of drug-likeness (QED) is 0.246. The van der Waals surface area contributed by atoms with Crippen molar-refractivity contribution < 1.29 is 44.2 Å². The molecule has 0 saturated carbocycles. The number of nitrogens with one attached hydrogen (secondary N) is 2. The first-order valence-corrected chi connectivity index (χ1v) is 9.01. The molecule has 0 aromatic rings. The van der Waals surface area contributed by atoms with Crippen molar-refractivity contribution in [2.75, 3.05) is 6.61 Å². The minimum Gasteiger partial charge on any atom is -0.444 e. The second-order valence-corrected chi connectivity index (χ2v) is 8.45. The molecule has 0 spiro atoms. The van der Waals surface area contributed by atoms with Crippen LogP contribution in [0.3, 0.4) is 0 Å². The van der Waals surface area contributed by atoms with E-state index in [1.807, 2.05) is 0 Å². The standard InChI is InChI=1S/C17H31N3O9/c1-16(2,3)28-14(25)19-13(20-15(26)29-17(4,5)6)18-9-11(23)10(22)8(7-21)27-12(9)24/h8-12,21-24H,7H2,1-6H3,(H2,18,19,20,25,26)/t8-,9-,10-,11-,12-/m1/s1. The minimum atomic E-state index is -1.73. The van der Waals surface area contributed by atoms with Gasteiger partial charge in [0.1, 0.15) is 35.6 Å². The maximum absolute atomic E-state index is 12.1. The molecule has 6 N–H and O–H groups in total. The largest absolute Gasteiger partial charge is 0.444 e. The number of carbonyl (C=O) groups excluding carboxylic acids is 2. The summed E-state index contributed by atoms with van der Waals surface area (Å²) in [5.74, 6) is -0.505. The number of nitrogens with zero attached hydrogens (tertiary/aromatic N) is 1. The lowest BCUT2D eigenvalue weighted by atomic mass is 9.98. The van der Waals surface area contributed by atoms with Crippen molar-refractivity contribution in [2.24, 2.45) is 4.99 Å². The molecule has 5 atom stereocenters. The Labute approximate surface area is 168 Å². The average Bonchev–Trinajstić information content (AvgIpc) is 2.50. The van der Waals surface area contributed by atoms with Gasteiger partial charge in [-0.05, 0) is 41.5 Å². The van der Waals surface area contributed by atoms with E-state index < -0.39 is 66.6 Å². The van der Waals surface area contributed by atoms with Gasteiger partial charge in [0.2, 0.25) is 5.96 Å². The Morgan fingerprint density at radius 2 is 1.38 bits per heavy atom. The summed E-state index contributed by atoms with van der Waals surface area (Å²) in [7, 11) is 0. The number of aliphatic hydroxyl groups excluding tert-OH is 4. The van der Waals surface area contributed by atoms with Crippen LogP contribution in [0.4, 0.5) is 9.59 Å². The highest BCUT2D eigenvalue weighted by Crippen LogP contribution is 2.22. The van der Waals surface area contributed by atoms with Crippen LogP contribution in [-0.2, 0) is 14.2 Å². The molecule has 0 radical (unpaired) electrons. The van der Waals surface area contributed by atoms with Crippen LogP contribution in [0.15, 0.2) is 4.99 Å². The molecular weight excluding hydrogens is 390 g/mol. The number of aliphatic imine (C=N–C) groups is 1. The van der Waals surface area contributed by atoms with Crippen molar-refractivity contribution >= 4 is 18.1 Å². The summed E-state index contributed by atoms with van der Waals surface area (Å²) in [6.07, 6.45) is -8.13. The molecule has 0 bridgehead atoms. The number of ether oxygens (including phenoxy) is 3. The SMILES string of the molecule is CC(C)(C)OC(=O)NC(=N[C@@H]1[C@@H](O)[C@H](O)[C@@H](CO)O[C@H]1O)NC(=O)OC(C)(C)C. The highest BCUT2D eigenvalue weighted by Gasteiger charge is 2.44. The van der Waals surface area contributed by atoms with Gasteiger partial charge in [0.15, 0.2) is 6.29 Å². The maximum Gasteiger partial charge on any atom is 0.414 e. The van der Waals surface area contributed by atoms with E-state index in [2.05, 4.69) is 15.6 Å². The zero-order chi connectivity index (χ0) is 22.6. The summed E-state index contributed by atoms with van der Waals surface area (Å²) < 4.78 is 15.2. The first-order valence-electron chi connectivity index (χ1n) is 9.01. The summed E-state index contributed by atoms with van der Waals surface area (Å²) in [6.45, 7) is 9.09. The second-order valence-electron chi connectivity index (χ2n) is 8.45. The lowest BCUT2D eigenvalue weighted by Gasteiger charge is -2.38. The second kappa shape index (κ2) is 9.67. The topological polar surface area (TPSA) is 179 Å². The summed E-state index contributed by atoms with van der Waals surface area (Å²) in [5, 5.41) is 43.7. The Balaban J connectivity index is 3.07. The fourth-order valence-corrected chi connectivity index (χ4v) is 2.27. The van der Waals surface area contributed by atoms with E-state index in [-0.39, 0.29) is 0 Å². The third-order valence-electron chi connectivity index (χ3n) is 3.38. The Bertz CT molecular complexity index is 580. The molecule has 1 heterocycles. The number of aliphatic hydroxyl groups is 4. The van der Waals surface area contributed by atoms with E-state index in [1.54, 1.807) is 41.5 Å². The molecule has 29 heavy (non-hydrogen) atoms. The molecule has 0 aromatic carbocycles. The highest BCUT2D eigenvalue weighted by atomic mass is 16.6. The van der Waals surface area contributed by atoms with Crippen molar-refractivity contribution in [1.29, 1.82) is 0 Å². The van der Waals surface area contributed by atoms with Gasteiger partial charge in [-0.15, -0.1) is 0 Å². The van der Waals surface area contributed by atoms with Crippen molar-refractivity contribution in [3.8, 4) is 0 Å². The van der Waals surface area contributed by atoms with E-state index in [1.165, 1.54) is 0 Å². The van der Waals surface area contributed by atoms with E-state index in [0.29, 0.717) is 0 Å². The van der Waals surface area contributed by atoms with Crippen LogP contribution in [0.1, 0.15) is 41.5 Å². The van der Waals surface area contributed by atoms with Gasteiger partial charge in [0.05, 0.1) is 6.61 Å². The smallest absolute Gasteiger partial charge is 0.414 e.